The van der Waals surface area contributed by atoms with Crippen LogP contribution in [0.2, 0.25) is 0 Å². The fourth-order valence-electron chi connectivity index (χ4n) is 1.87. The molecule has 0 radical (unpaired) electrons. The molecule has 0 atom stereocenters. The number of thiophene rings is 1. The molecule has 3 rings (SSSR count). The maximum absolute atomic E-state index is 12.0. The molecule has 3 heterocycles. The van der Waals surface area contributed by atoms with Crippen LogP contribution < -0.4 is 5.69 Å². The molecule has 0 saturated carbocycles. The average Bonchev–Trinajstić information content (AvgIpc) is 3.06. The quantitative estimate of drug-likeness (QED) is 0.728. The van der Waals surface area contributed by atoms with Crippen molar-refractivity contribution in [3.05, 3.63) is 51.2 Å². The van der Waals surface area contributed by atoms with E-state index < -0.39 is 5.97 Å². The van der Waals surface area contributed by atoms with Gasteiger partial charge in [0.25, 0.3) is 0 Å². The van der Waals surface area contributed by atoms with Crippen LogP contribution >= 0.6 is 23.1 Å². The van der Waals surface area contributed by atoms with Crippen LogP contribution in [0.25, 0.3) is 5.65 Å². The Morgan fingerprint density at radius 1 is 1.43 bits per heavy atom. The number of thioether (sulfide) groups is 1. The van der Waals surface area contributed by atoms with Crippen LogP contribution in [0.5, 0.6) is 0 Å². The van der Waals surface area contributed by atoms with E-state index in [1.807, 2.05) is 6.07 Å². The Kier molecular flexibility index (Phi) is 3.80. The second-order valence-electron chi connectivity index (χ2n) is 4.23. The van der Waals surface area contributed by atoms with Crippen molar-refractivity contribution >= 4 is 34.7 Å². The highest BCUT2D eigenvalue weighted by molar-refractivity contribution is 7.99. The third-order valence-electron chi connectivity index (χ3n) is 2.85. The molecule has 0 bridgehead atoms. The standard InChI is InChI=1S/C13H11N3O3S2/c17-12(18)10-7-9(8-21-10)20-6-5-16-13(19)15-4-2-1-3-11(15)14-16/h1-4,7-8H,5-6H2,(H,17,18). The molecule has 0 saturated heterocycles. The number of carboxylic acids is 1. The van der Waals surface area contributed by atoms with E-state index in [-0.39, 0.29) is 5.69 Å². The van der Waals surface area contributed by atoms with Crippen molar-refractivity contribution in [1.29, 1.82) is 0 Å². The zero-order chi connectivity index (χ0) is 14.8. The fraction of sp³-hybridized carbons (Fsp3) is 0.154. The maximum atomic E-state index is 12.0. The Labute approximate surface area is 127 Å². The molecular formula is C13H11N3O3S2. The summed E-state index contributed by atoms with van der Waals surface area (Å²) in [5, 5.41) is 14.9. The monoisotopic (exact) mass is 321 g/mol. The molecule has 3 aromatic rings. The lowest BCUT2D eigenvalue weighted by molar-refractivity contribution is 0.0702. The Morgan fingerprint density at radius 3 is 3.00 bits per heavy atom. The first-order valence-corrected chi connectivity index (χ1v) is 8.00. The number of nitrogens with zero attached hydrogens (tertiary/aromatic N) is 3. The zero-order valence-electron chi connectivity index (χ0n) is 10.8. The van der Waals surface area contributed by atoms with Crippen molar-refractivity contribution in [2.45, 2.75) is 11.4 Å². The molecule has 0 aliphatic carbocycles. The van der Waals surface area contributed by atoms with Crippen molar-refractivity contribution in [3.8, 4) is 0 Å². The molecule has 0 aromatic carbocycles. The van der Waals surface area contributed by atoms with Gasteiger partial charge in [0.2, 0.25) is 0 Å². The lowest BCUT2D eigenvalue weighted by Crippen LogP contribution is -2.21. The fourth-order valence-corrected chi connectivity index (χ4v) is 3.67. The summed E-state index contributed by atoms with van der Waals surface area (Å²) < 4.78 is 2.92. The van der Waals surface area contributed by atoms with Crippen molar-refractivity contribution in [2.75, 3.05) is 5.75 Å². The van der Waals surface area contributed by atoms with Gasteiger partial charge in [-0.3, -0.25) is 4.40 Å². The molecule has 0 unspecified atom stereocenters. The van der Waals surface area contributed by atoms with E-state index in [0.29, 0.717) is 22.8 Å². The minimum absolute atomic E-state index is 0.164. The first-order valence-electron chi connectivity index (χ1n) is 6.14. The topological polar surface area (TPSA) is 76.6 Å². The zero-order valence-corrected chi connectivity index (χ0v) is 12.4. The number of carboxylic acid groups (broad SMARTS) is 1. The molecule has 3 aromatic heterocycles. The molecule has 0 amide bonds. The summed E-state index contributed by atoms with van der Waals surface area (Å²) in [6.07, 6.45) is 1.69. The summed E-state index contributed by atoms with van der Waals surface area (Å²) in [5.74, 6) is -0.261. The maximum Gasteiger partial charge on any atom is 0.350 e. The van der Waals surface area contributed by atoms with Gasteiger partial charge in [-0.05, 0) is 18.2 Å². The van der Waals surface area contributed by atoms with Gasteiger partial charge in [0, 0.05) is 22.2 Å². The van der Waals surface area contributed by atoms with E-state index in [9.17, 15) is 9.59 Å². The number of hydrogen-bond acceptors (Lipinski definition) is 5. The molecule has 0 fully saturated rings. The van der Waals surface area contributed by atoms with Crippen molar-refractivity contribution in [3.63, 3.8) is 0 Å². The lowest BCUT2D eigenvalue weighted by Gasteiger charge is -1.98. The highest BCUT2D eigenvalue weighted by Gasteiger charge is 2.08. The number of hydrogen-bond donors (Lipinski definition) is 1. The van der Waals surface area contributed by atoms with E-state index in [2.05, 4.69) is 5.10 Å². The third kappa shape index (κ3) is 2.86. The summed E-state index contributed by atoms with van der Waals surface area (Å²) in [5.41, 5.74) is 0.457. The van der Waals surface area contributed by atoms with Crippen LogP contribution in [0.15, 0.2) is 45.5 Å². The van der Waals surface area contributed by atoms with Gasteiger partial charge in [0.1, 0.15) is 4.88 Å². The Bertz CT molecular complexity index is 850. The number of aryl methyl sites for hydroxylation is 1. The van der Waals surface area contributed by atoms with Crippen molar-refractivity contribution < 1.29 is 9.90 Å². The number of aromatic carboxylic acids is 1. The van der Waals surface area contributed by atoms with Crippen molar-refractivity contribution in [2.24, 2.45) is 0 Å². The molecule has 1 N–H and O–H groups in total. The van der Waals surface area contributed by atoms with Gasteiger partial charge in [0.15, 0.2) is 5.65 Å². The predicted octanol–water partition coefficient (Wildman–Crippen LogP) is 2.05. The molecule has 108 valence electrons. The summed E-state index contributed by atoms with van der Waals surface area (Å²) in [7, 11) is 0. The van der Waals surface area contributed by atoms with Crippen molar-refractivity contribution in [1.82, 2.24) is 14.2 Å². The molecule has 0 spiro atoms. The van der Waals surface area contributed by atoms with E-state index in [0.717, 1.165) is 4.90 Å². The second-order valence-corrected chi connectivity index (χ2v) is 6.31. The van der Waals surface area contributed by atoms with Gasteiger partial charge < -0.3 is 5.11 Å². The van der Waals surface area contributed by atoms with Gasteiger partial charge in [0.05, 0.1) is 6.54 Å². The third-order valence-corrected chi connectivity index (χ3v) is 4.87. The van der Waals surface area contributed by atoms with Gasteiger partial charge in [-0.25, -0.2) is 14.3 Å². The van der Waals surface area contributed by atoms with E-state index in [4.69, 9.17) is 5.11 Å². The van der Waals surface area contributed by atoms with Gasteiger partial charge in [-0.15, -0.1) is 28.2 Å². The second kappa shape index (κ2) is 5.74. The van der Waals surface area contributed by atoms with Crippen LogP contribution in [-0.2, 0) is 6.54 Å². The summed E-state index contributed by atoms with van der Waals surface area (Å²) in [4.78, 5) is 24.1. The highest BCUT2D eigenvalue weighted by atomic mass is 32.2. The first kappa shape index (κ1) is 13.9. The molecule has 6 nitrogen and oxygen atoms in total. The summed E-state index contributed by atoms with van der Waals surface area (Å²) >= 11 is 2.71. The summed E-state index contributed by atoms with van der Waals surface area (Å²) in [6, 6.07) is 7.04. The SMILES string of the molecule is O=C(O)c1cc(SCCn2nc3ccccn3c2=O)cs1. The van der Waals surface area contributed by atoms with Gasteiger partial charge >= 0.3 is 11.7 Å². The minimum atomic E-state index is -0.913. The number of fused-ring (bicyclic) bond motifs is 1. The minimum Gasteiger partial charge on any atom is -0.477 e. The predicted molar refractivity (Wildman–Crippen MR) is 81.5 cm³/mol. The Morgan fingerprint density at radius 2 is 2.29 bits per heavy atom. The van der Waals surface area contributed by atoms with Gasteiger partial charge in [-0.1, -0.05) is 6.07 Å². The van der Waals surface area contributed by atoms with Crippen LogP contribution in [0, 0.1) is 0 Å². The van der Waals surface area contributed by atoms with E-state index in [1.54, 1.807) is 29.8 Å². The Balaban J connectivity index is 1.67. The van der Waals surface area contributed by atoms with Crippen LogP contribution in [0.4, 0.5) is 0 Å². The largest absolute Gasteiger partial charge is 0.477 e. The smallest absolute Gasteiger partial charge is 0.350 e. The number of aromatic nitrogens is 3. The molecule has 8 heteroatoms. The first-order chi connectivity index (χ1) is 10.1. The van der Waals surface area contributed by atoms with Gasteiger partial charge in [-0.2, -0.15) is 0 Å². The van der Waals surface area contributed by atoms with Crippen LogP contribution in [-0.4, -0.2) is 31.0 Å². The highest BCUT2D eigenvalue weighted by Crippen LogP contribution is 2.24. The number of pyridine rings is 1. The molecule has 0 aliphatic heterocycles. The number of rotatable bonds is 5. The molecular weight excluding hydrogens is 310 g/mol. The average molecular weight is 321 g/mol. The lowest BCUT2D eigenvalue weighted by atomic mass is 10.5. The van der Waals surface area contributed by atoms with E-state index >= 15 is 0 Å². The van der Waals surface area contributed by atoms with Crippen LogP contribution in [0.1, 0.15) is 9.67 Å². The van der Waals surface area contributed by atoms with E-state index in [1.165, 1.54) is 32.2 Å². The number of carbonyl (C=O) groups is 1. The van der Waals surface area contributed by atoms with Crippen LogP contribution in [0.3, 0.4) is 0 Å². The normalized spacial score (nSPS) is 11.0. The summed E-state index contributed by atoms with van der Waals surface area (Å²) in [6.45, 7) is 0.476. The molecule has 0 aliphatic rings. The molecule has 21 heavy (non-hydrogen) atoms. The Hall–Kier alpha value is -2.06.